The molecule has 15 heteroatoms. The van der Waals surface area contributed by atoms with Crippen molar-refractivity contribution in [3.63, 3.8) is 0 Å². The van der Waals surface area contributed by atoms with Crippen LogP contribution in [0, 0.1) is 5.92 Å². The first kappa shape index (κ1) is 41.4. The molecule has 3 N–H and O–H groups in total. The van der Waals surface area contributed by atoms with Gasteiger partial charge in [0.1, 0.15) is 22.4 Å². The molecular weight excluding hydrogens is 757 g/mol. The van der Waals surface area contributed by atoms with Crippen molar-refractivity contribution in [1.82, 2.24) is 19.8 Å². The molecule has 2 aliphatic heterocycles. The van der Waals surface area contributed by atoms with E-state index in [1.54, 1.807) is 58.0 Å². The molecule has 0 radical (unpaired) electrons. The van der Waals surface area contributed by atoms with Crippen LogP contribution in [-0.2, 0) is 39.0 Å². The van der Waals surface area contributed by atoms with Crippen LogP contribution in [-0.4, -0.2) is 96.3 Å². The SMILES string of the molecule is CCCS(=O)(=O)[C@@]1(c2ccc(-c3ccccc3)cc2)C[C@H]2C(=O)N[C@]3(C(=O)NS(=O)(=O)C4CC4)C[C@H]3C=CCCCCC[C@H](N(C(=O)O)C(C)(C)C)C(=O)N2C1. The largest absolute Gasteiger partial charge is 0.465 e. The standard InChI is InChI=1S/C41H54N4O9S2/c1-5-24-55(51,52)40(30-20-18-29(19-21-30)28-14-10-9-11-15-28)26-34-35(46)42-41(37(48)43-56(53,54)32-22-23-32)25-31(41)16-12-7-6-8-13-17-33(36(47)44(34)27-40)45(38(49)50)39(2,3)4/h9-12,14-16,18-21,31-34H,5-8,13,17,22-27H2,1-4H3,(H,42,46)(H,43,48)(H,49,50)/t31-,33+,34+,40+,41-/m1/s1. The molecule has 4 amide bonds. The summed E-state index contributed by atoms with van der Waals surface area (Å²) in [4.78, 5) is 59.0. The molecular formula is C41H54N4O9S2. The van der Waals surface area contributed by atoms with Crippen molar-refractivity contribution < 1.29 is 41.1 Å². The highest BCUT2D eigenvalue weighted by Crippen LogP contribution is 2.48. The van der Waals surface area contributed by atoms with E-state index in [9.17, 15) is 36.3 Å². The maximum atomic E-state index is 15.1. The molecule has 4 aliphatic rings. The second-order valence-electron chi connectivity index (χ2n) is 16.8. The summed E-state index contributed by atoms with van der Waals surface area (Å²) in [5.74, 6) is -3.17. The predicted molar refractivity (Wildman–Crippen MR) is 212 cm³/mol. The molecule has 2 heterocycles. The predicted octanol–water partition coefficient (Wildman–Crippen LogP) is 5.13. The molecule has 2 saturated carbocycles. The lowest BCUT2D eigenvalue weighted by Crippen LogP contribution is -2.61. The quantitative estimate of drug-likeness (QED) is 0.289. The van der Waals surface area contributed by atoms with Crippen LogP contribution in [0.5, 0.6) is 0 Å². The molecule has 3 fully saturated rings. The number of carbonyl (C=O) groups excluding carboxylic acids is 3. The van der Waals surface area contributed by atoms with Gasteiger partial charge in [0, 0.05) is 24.4 Å². The Labute approximate surface area is 330 Å². The first-order chi connectivity index (χ1) is 26.4. The van der Waals surface area contributed by atoms with Crippen LogP contribution >= 0.6 is 0 Å². The highest BCUT2D eigenvalue weighted by molar-refractivity contribution is 7.92. The van der Waals surface area contributed by atoms with Gasteiger partial charge in [-0.3, -0.25) is 24.0 Å². The fourth-order valence-corrected chi connectivity index (χ4v) is 12.0. The first-order valence-electron chi connectivity index (χ1n) is 19.6. The summed E-state index contributed by atoms with van der Waals surface area (Å²) in [6.07, 6.45) is 5.87. The van der Waals surface area contributed by atoms with Crippen molar-refractivity contribution in [2.24, 2.45) is 5.92 Å². The van der Waals surface area contributed by atoms with Gasteiger partial charge in [-0.15, -0.1) is 0 Å². The number of sulfone groups is 1. The lowest BCUT2D eigenvalue weighted by molar-refractivity contribution is -0.144. The van der Waals surface area contributed by atoms with E-state index in [-0.39, 0.29) is 31.4 Å². The van der Waals surface area contributed by atoms with Crippen molar-refractivity contribution in [2.75, 3.05) is 12.3 Å². The fraction of sp³-hybridized carbons (Fsp3) is 0.561. The van der Waals surface area contributed by atoms with Gasteiger partial charge in [-0.25, -0.2) is 21.6 Å². The summed E-state index contributed by atoms with van der Waals surface area (Å²) in [7, 11) is -8.08. The van der Waals surface area contributed by atoms with E-state index in [0.29, 0.717) is 44.1 Å². The Morgan fingerprint density at radius 3 is 2.20 bits per heavy atom. The molecule has 1 saturated heterocycles. The zero-order valence-electron chi connectivity index (χ0n) is 32.6. The van der Waals surface area contributed by atoms with Crippen LogP contribution in [0.3, 0.4) is 0 Å². The number of sulfonamides is 1. The molecule has 56 heavy (non-hydrogen) atoms. The van der Waals surface area contributed by atoms with Crippen molar-refractivity contribution >= 4 is 43.7 Å². The lowest BCUT2D eigenvalue weighted by atomic mass is 9.93. The van der Waals surface area contributed by atoms with Gasteiger partial charge in [-0.1, -0.05) is 86.5 Å². The molecule has 13 nitrogen and oxygen atoms in total. The van der Waals surface area contributed by atoms with Gasteiger partial charge < -0.3 is 15.3 Å². The van der Waals surface area contributed by atoms with Gasteiger partial charge in [0.25, 0.3) is 5.91 Å². The Morgan fingerprint density at radius 1 is 0.929 bits per heavy atom. The number of hydrogen-bond acceptors (Lipinski definition) is 8. The van der Waals surface area contributed by atoms with Crippen LogP contribution in [0.25, 0.3) is 11.1 Å². The number of carboxylic acid groups (broad SMARTS) is 1. The summed E-state index contributed by atoms with van der Waals surface area (Å²) in [5.41, 5.74) is -0.552. The van der Waals surface area contributed by atoms with Gasteiger partial charge in [-0.2, -0.15) is 0 Å². The van der Waals surface area contributed by atoms with E-state index in [1.165, 1.54) is 4.90 Å². The van der Waals surface area contributed by atoms with Gasteiger partial charge in [0.2, 0.25) is 21.8 Å². The number of fused-ring (bicyclic) bond motifs is 2. The number of benzene rings is 2. The van der Waals surface area contributed by atoms with E-state index in [2.05, 4.69) is 10.0 Å². The van der Waals surface area contributed by atoms with E-state index in [0.717, 1.165) is 16.0 Å². The highest BCUT2D eigenvalue weighted by Gasteiger charge is 2.64. The van der Waals surface area contributed by atoms with Crippen molar-refractivity contribution in [2.45, 2.75) is 125 Å². The average Bonchev–Trinajstić information content (AvgIpc) is 4.06. The second-order valence-corrected chi connectivity index (χ2v) is 21.2. The number of allylic oxidation sites excluding steroid dienone is 1. The van der Waals surface area contributed by atoms with Crippen molar-refractivity contribution in [3.8, 4) is 11.1 Å². The monoisotopic (exact) mass is 810 g/mol. The van der Waals surface area contributed by atoms with Crippen LogP contribution in [0.1, 0.15) is 97.5 Å². The zero-order valence-corrected chi connectivity index (χ0v) is 34.2. The maximum Gasteiger partial charge on any atom is 0.408 e. The number of carbonyl (C=O) groups is 4. The molecule has 0 spiro atoms. The van der Waals surface area contributed by atoms with Crippen LogP contribution in [0.15, 0.2) is 66.7 Å². The molecule has 5 atom stereocenters. The molecule has 2 aliphatic carbocycles. The summed E-state index contributed by atoms with van der Waals surface area (Å²) in [5, 5.41) is 12.7. The summed E-state index contributed by atoms with van der Waals surface area (Å²) >= 11 is 0. The lowest BCUT2D eigenvalue weighted by Gasteiger charge is -2.41. The van der Waals surface area contributed by atoms with Gasteiger partial charge in [0.05, 0.1) is 11.0 Å². The fourth-order valence-electron chi connectivity index (χ4n) is 8.46. The second kappa shape index (κ2) is 15.6. The highest BCUT2D eigenvalue weighted by atomic mass is 32.2. The minimum absolute atomic E-state index is 0.113. The Hall–Kier alpha value is -4.24. The topological polar surface area (TPSA) is 187 Å². The summed E-state index contributed by atoms with van der Waals surface area (Å²) < 4.78 is 55.6. The number of nitrogens with zero attached hydrogens (tertiary/aromatic N) is 2. The third-order valence-electron chi connectivity index (χ3n) is 11.7. The van der Waals surface area contributed by atoms with Crippen LogP contribution in [0.4, 0.5) is 4.79 Å². The Morgan fingerprint density at radius 2 is 1.59 bits per heavy atom. The minimum Gasteiger partial charge on any atom is -0.465 e. The normalized spacial score (nSPS) is 27.6. The Kier molecular flexibility index (Phi) is 11.5. The van der Waals surface area contributed by atoms with Gasteiger partial charge in [-0.05, 0) is 82.4 Å². The number of hydrogen-bond donors (Lipinski definition) is 3. The summed E-state index contributed by atoms with van der Waals surface area (Å²) in [6, 6.07) is 13.9. The Bertz CT molecular complexity index is 2080. The third-order valence-corrected chi connectivity index (χ3v) is 16.2. The van der Waals surface area contributed by atoms with E-state index in [4.69, 9.17) is 0 Å². The Balaban J connectivity index is 1.48. The van der Waals surface area contributed by atoms with E-state index < -0.39 is 89.3 Å². The minimum atomic E-state index is -4.10. The number of rotatable bonds is 9. The molecule has 0 unspecified atom stereocenters. The maximum absolute atomic E-state index is 15.1. The molecule has 0 bridgehead atoms. The average molecular weight is 811 g/mol. The number of nitrogens with one attached hydrogen (secondary N) is 2. The van der Waals surface area contributed by atoms with Crippen LogP contribution in [0.2, 0.25) is 0 Å². The third kappa shape index (κ3) is 8.11. The summed E-state index contributed by atoms with van der Waals surface area (Å²) in [6.45, 7) is 6.34. The van der Waals surface area contributed by atoms with Crippen molar-refractivity contribution in [1.29, 1.82) is 0 Å². The van der Waals surface area contributed by atoms with Gasteiger partial charge in [0.15, 0.2) is 9.84 Å². The molecule has 0 aromatic heterocycles. The molecule has 6 rings (SSSR count). The smallest absolute Gasteiger partial charge is 0.408 e. The molecule has 304 valence electrons. The van der Waals surface area contributed by atoms with Gasteiger partial charge >= 0.3 is 6.09 Å². The molecule has 2 aromatic rings. The van der Waals surface area contributed by atoms with Crippen molar-refractivity contribution in [3.05, 3.63) is 72.3 Å². The number of amides is 4. The first-order valence-corrected chi connectivity index (χ1v) is 22.8. The van der Waals surface area contributed by atoms with E-state index in [1.807, 2.05) is 36.4 Å². The molecule has 2 aromatic carbocycles. The van der Waals surface area contributed by atoms with Crippen LogP contribution < -0.4 is 10.0 Å². The zero-order chi connectivity index (χ0) is 40.7. The van der Waals surface area contributed by atoms with E-state index >= 15 is 4.79 Å².